The third-order valence-electron chi connectivity index (χ3n) is 3.99. The summed E-state index contributed by atoms with van der Waals surface area (Å²) in [6.07, 6.45) is 8.33. The van der Waals surface area contributed by atoms with Crippen LogP contribution in [0.2, 0.25) is 5.02 Å². The average Bonchev–Trinajstić information content (AvgIpc) is 2.76. The molecule has 0 bridgehead atoms. The fraction of sp³-hybridized carbons (Fsp3) is 0.500. The molecule has 3 heteroatoms. The van der Waals surface area contributed by atoms with Gasteiger partial charge in [0.05, 0.1) is 10.5 Å². The minimum atomic E-state index is 0.0408. The first-order valence-corrected chi connectivity index (χ1v) is 8.33. The van der Waals surface area contributed by atoms with E-state index in [1.54, 1.807) is 11.5 Å². The van der Waals surface area contributed by atoms with Crippen LogP contribution in [0, 0.1) is 0 Å². The van der Waals surface area contributed by atoms with E-state index < -0.39 is 0 Å². The lowest BCUT2D eigenvalue weighted by atomic mass is 10.1. The SMILES string of the molecule is CCCCCCCCc1c(Cl)c2ccccc2n1C(C)=O. The minimum absolute atomic E-state index is 0.0408. The van der Waals surface area contributed by atoms with Gasteiger partial charge >= 0.3 is 0 Å². The molecule has 0 saturated carbocycles. The van der Waals surface area contributed by atoms with Gasteiger partial charge in [0.25, 0.3) is 0 Å². The third kappa shape index (κ3) is 3.68. The van der Waals surface area contributed by atoms with Crippen LogP contribution < -0.4 is 0 Å². The third-order valence-corrected chi connectivity index (χ3v) is 4.41. The molecule has 0 atom stereocenters. The molecule has 21 heavy (non-hydrogen) atoms. The van der Waals surface area contributed by atoms with E-state index in [1.165, 1.54) is 32.1 Å². The van der Waals surface area contributed by atoms with E-state index in [1.807, 2.05) is 24.3 Å². The zero-order valence-corrected chi connectivity index (χ0v) is 13.7. The monoisotopic (exact) mass is 305 g/mol. The Kier molecular flexibility index (Phi) is 5.86. The van der Waals surface area contributed by atoms with Crippen LogP contribution in [0.4, 0.5) is 0 Å². The van der Waals surface area contributed by atoms with Gasteiger partial charge in [0.15, 0.2) is 0 Å². The van der Waals surface area contributed by atoms with Crippen LogP contribution in [0.1, 0.15) is 62.9 Å². The van der Waals surface area contributed by atoms with Gasteiger partial charge in [0, 0.05) is 18.0 Å². The first kappa shape index (κ1) is 16.1. The Hall–Kier alpha value is -1.28. The molecule has 2 aromatic rings. The Balaban J connectivity index is 2.13. The number of carbonyl (C=O) groups excluding carboxylic acids is 1. The smallest absolute Gasteiger partial charge is 0.228 e. The number of aromatic nitrogens is 1. The quantitative estimate of drug-likeness (QED) is 0.587. The lowest BCUT2D eigenvalue weighted by Crippen LogP contribution is -2.09. The topological polar surface area (TPSA) is 22.0 Å². The van der Waals surface area contributed by atoms with Gasteiger partial charge in [-0.2, -0.15) is 0 Å². The molecule has 0 spiro atoms. The van der Waals surface area contributed by atoms with Gasteiger partial charge < -0.3 is 0 Å². The van der Waals surface area contributed by atoms with Gasteiger partial charge in [0.2, 0.25) is 5.91 Å². The van der Waals surface area contributed by atoms with Gasteiger partial charge in [-0.3, -0.25) is 9.36 Å². The number of halogens is 1. The molecular formula is C18H24ClNO. The maximum Gasteiger partial charge on any atom is 0.228 e. The van der Waals surface area contributed by atoms with Gasteiger partial charge in [-0.05, 0) is 18.9 Å². The molecule has 1 aromatic carbocycles. The van der Waals surface area contributed by atoms with Crippen LogP contribution in [0.5, 0.6) is 0 Å². The van der Waals surface area contributed by atoms with Crippen LogP contribution in [0.3, 0.4) is 0 Å². The number of carbonyl (C=O) groups is 1. The van der Waals surface area contributed by atoms with Crippen molar-refractivity contribution in [2.45, 2.75) is 58.8 Å². The molecule has 0 amide bonds. The van der Waals surface area contributed by atoms with Crippen LogP contribution in [-0.2, 0) is 6.42 Å². The van der Waals surface area contributed by atoms with Crippen molar-refractivity contribution < 1.29 is 4.79 Å². The molecule has 0 radical (unpaired) electrons. The van der Waals surface area contributed by atoms with E-state index in [-0.39, 0.29) is 5.91 Å². The number of hydrogen-bond donors (Lipinski definition) is 0. The molecule has 0 aliphatic heterocycles. The Morgan fingerprint density at radius 3 is 2.48 bits per heavy atom. The number of para-hydroxylation sites is 1. The first-order chi connectivity index (χ1) is 10.2. The lowest BCUT2D eigenvalue weighted by molar-refractivity contribution is 0.0938. The largest absolute Gasteiger partial charge is 0.283 e. The zero-order valence-electron chi connectivity index (χ0n) is 13.0. The van der Waals surface area contributed by atoms with Crippen molar-refractivity contribution in [1.82, 2.24) is 4.57 Å². The maximum atomic E-state index is 12.0. The summed E-state index contributed by atoms with van der Waals surface area (Å²) >= 11 is 6.50. The molecule has 2 rings (SSSR count). The van der Waals surface area contributed by atoms with Gasteiger partial charge in [0.1, 0.15) is 0 Å². The highest BCUT2D eigenvalue weighted by molar-refractivity contribution is 6.36. The van der Waals surface area contributed by atoms with E-state index in [4.69, 9.17) is 11.6 Å². The lowest BCUT2D eigenvalue weighted by Gasteiger charge is -2.07. The second kappa shape index (κ2) is 7.65. The van der Waals surface area contributed by atoms with Crippen molar-refractivity contribution in [2.24, 2.45) is 0 Å². The average molecular weight is 306 g/mol. The maximum absolute atomic E-state index is 12.0. The van der Waals surface area contributed by atoms with E-state index in [9.17, 15) is 4.79 Å². The van der Waals surface area contributed by atoms with Crippen molar-refractivity contribution in [3.63, 3.8) is 0 Å². The molecule has 114 valence electrons. The predicted octanol–water partition coefficient (Wildman–Crippen LogP) is 5.86. The minimum Gasteiger partial charge on any atom is -0.283 e. The highest BCUT2D eigenvalue weighted by atomic mass is 35.5. The van der Waals surface area contributed by atoms with Gasteiger partial charge in [-0.25, -0.2) is 0 Å². The van der Waals surface area contributed by atoms with E-state index in [2.05, 4.69) is 6.92 Å². The molecule has 0 unspecified atom stereocenters. The summed E-state index contributed by atoms with van der Waals surface area (Å²) in [4.78, 5) is 12.0. The summed E-state index contributed by atoms with van der Waals surface area (Å²) in [5.74, 6) is 0.0408. The second-order valence-corrected chi connectivity index (χ2v) is 6.03. The highest BCUT2D eigenvalue weighted by Crippen LogP contribution is 2.31. The number of rotatable bonds is 7. The fourth-order valence-electron chi connectivity index (χ4n) is 2.91. The van der Waals surface area contributed by atoms with E-state index in [0.29, 0.717) is 0 Å². The summed E-state index contributed by atoms with van der Waals surface area (Å²) in [6, 6.07) is 7.87. The van der Waals surface area contributed by atoms with Crippen LogP contribution in [-0.4, -0.2) is 10.5 Å². The Labute approximate surface area is 132 Å². The molecule has 0 N–H and O–H groups in total. The molecule has 0 saturated heterocycles. The van der Waals surface area contributed by atoms with Crippen molar-refractivity contribution in [2.75, 3.05) is 0 Å². The number of unbranched alkanes of at least 4 members (excludes halogenated alkanes) is 5. The number of fused-ring (bicyclic) bond motifs is 1. The van der Waals surface area contributed by atoms with Gasteiger partial charge in [-0.1, -0.05) is 68.8 Å². The molecule has 0 aliphatic carbocycles. The number of nitrogens with zero attached hydrogens (tertiary/aromatic N) is 1. The number of benzene rings is 1. The van der Waals surface area contributed by atoms with Crippen LogP contribution in [0.15, 0.2) is 24.3 Å². The standard InChI is InChI=1S/C18H24ClNO/c1-3-4-5-6-7-8-13-17-18(19)15-11-9-10-12-16(15)20(17)14(2)21/h9-12H,3-8,13H2,1-2H3. The molecule has 0 fully saturated rings. The Morgan fingerprint density at radius 2 is 1.76 bits per heavy atom. The highest BCUT2D eigenvalue weighted by Gasteiger charge is 2.17. The Morgan fingerprint density at radius 1 is 1.10 bits per heavy atom. The van der Waals surface area contributed by atoms with Crippen molar-refractivity contribution in [3.05, 3.63) is 35.0 Å². The number of hydrogen-bond acceptors (Lipinski definition) is 1. The van der Waals surface area contributed by atoms with Crippen molar-refractivity contribution in [1.29, 1.82) is 0 Å². The fourth-order valence-corrected chi connectivity index (χ4v) is 3.25. The Bertz CT molecular complexity index is 615. The molecule has 1 aromatic heterocycles. The first-order valence-electron chi connectivity index (χ1n) is 7.95. The zero-order chi connectivity index (χ0) is 15.2. The molecule has 1 heterocycles. The van der Waals surface area contributed by atoms with Crippen molar-refractivity contribution in [3.8, 4) is 0 Å². The molecule has 0 aliphatic rings. The van der Waals surface area contributed by atoms with Crippen LogP contribution in [0.25, 0.3) is 10.9 Å². The summed E-state index contributed by atoms with van der Waals surface area (Å²) in [6.45, 7) is 3.83. The van der Waals surface area contributed by atoms with E-state index >= 15 is 0 Å². The molecular weight excluding hydrogens is 282 g/mol. The van der Waals surface area contributed by atoms with Gasteiger partial charge in [-0.15, -0.1) is 0 Å². The summed E-state index contributed by atoms with van der Waals surface area (Å²) in [7, 11) is 0. The van der Waals surface area contributed by atoms with E-state index in [0.717, 1.165) is 34.5 Å². The van der Waals surface area contributed by atoms with Crippen LogP contribution >= 0.6 is 11.6 Å². The summed E-state index contributed by atoms with van der Waals surface area (Å²) < 4.78 is 1.78. The predicted molar refractivity (Wildman–Crippen MR) is 90.3 cm³/mol. The summed E-state index contributed by atoms with van der Waals surface area (Å²) in [5, 5.41) is 1.73. The second-order valence-electron chi connectivity index (χ2n) is 5.65. The normalized spacial score (nSPS) is 11.2. The van der Waals surface area contributed by atoms with Crippen molar-refractivity contribution >= 4 is 28.4 Å². The molecule has 2 nitrogen and oxygen atoms in total. The summed E-state index contributed by atoms with van der Waals surface area (Å²) in [5.41, 5.74) is 1.90.